The maximum atomic E-state index is 12.5. The van der Waals surface area contributed by atoms with Crippen molar-refractivity contribution in [2.75, 3.05) is 4.90 Å². The van der Waals surface area contributed by atoms with E-state index < -0.39 is 11.0 Å². The zero-order valence-electron chi connectivity index (χ0n) is 12.0. The van der Waals surface area contributed by atoms with Crippen LogP contribution in [0.25, 0.3) is 0 Å². The molecule has 1 atom stereocenters. The van der Waals surface area contributed by atoms with Gasteiger partial charge in [0.15, 0.2) is 6.10 Å². The van der Waals surface area contributed by atoms with Crippen molar-refractivity contribution in [2.45, 2.75) is 39.8 Å². The van der Waals surface area contributed by atoms with E-state index in [1.807, 2.05) is 27.7 Å². The highest BCUT2D eigenvalue weighted by molar-refractivity contribution is 6.01. The molecule has 0 aliphatic carbocycles. The van der Waals surface area contributed by atoms with Gasteiger partial charge in [-0.3, -0.25) is 14.9 Å². The van der Waals surface area contributed by atoms with E-state index in [0.29, 0.717) is 11.4 Å². The number of nitro benzene ring substituents is 1. The minimum Gasteiger partial charge on any atom is -0.478 e. The molecule has 6 heteroatoms. The van der Waals surface area contributed by atoms with Gasteiger partial charge in [-0.05, 0) is 25.8 Å². The summed E-state index contributed by atoms with van der Waals surface area (Å²) in [5.41, 5.74) is 0.421. The summed E-state index contributed by atoms with van der Waals surface area (Å²) in [7, 11) is 0. The van der Waals surface area contributed by atoms with Crippen LogP contribution in [-0.4, -0.2) is 23.0 Å². The van der Waals surface area contributed by atoms with Crippen molar-refractivity contribution in [3.63, 3.8) is 0 Å². The Bertz CT molecular complexity index is 554. The Morgan fingerprint density at radius 1 is 1.30 bits per heavy atom. The third-order valence-electron chi connectivity index (χ3n) is 3.27. The fourth-order valence-electron chi connectivity index (χ4n) is 2.30. The summed E-state index contributed by atoms with van der Waals surface area (Å²) in [5, 5.41) is 10.9. The summed E-state index contributed by atoms with van der Waals surface area (Å²) >= 11 is 0. The lowest BCUT2D eigenvalue weighted by Gasteiger charge is -2.38. The summed E-state index contributed by atoms with van der Waals surface area (Å²) in [6.07, 6.45) is -0.550. The standard InChI is InChI=1S/C14H18N2O4/c1-8(2)13-14(17)15(9(3)4)11-7-10(16(18)19)5-6-12(11)20-13/h5-9,13H,1-4H3. The number of ether oxygens (including phenoxy) is 1. The van der Waals surface area contributed by atoms with E-state index in [9.17, 15) is 14.9 Å². The zero-order valence-corrected chi connectivity index (χ0v) is 12.0. The molecule has 0 saturated carbocycles. The van der Waals surface area contributed by atoms with Crippen molar-refractivity contribution >= 4 is 17.3 Å². The number of rotatable bonds is 3. The molecule has 0 radical (unpaired) electrons. The minimum atomic E-state index is -0.550. The third kappa shape index (κ3) is 2.33. The van der Waals surface area contributed by atoms with Gasteiger partial charge in [0.2, 0.25) is 0 Å². The molecule has 1 aliphatic heterocycles. The second kappa shape index (κ2) is 5.11. The normalized spacial score (nSPS) is 18.2. The van der Waals surface area contributed by atoms with Crippen LogP contribution in [0.15, 0.2) is 18.2 Å². The van der Waals surface area contributed by atoms with Crippen molar-refractivity contribution in [1.29, 1.82) is 0 Å². The van der Waals surface area contributed by atoms with Gasteiger partial charge in [0, 0.05) is 18.2 Å². The molecule has 6 nitrogen and oxygen atoms in total. The van der Waals surface area contributed by atoms with Crippen molar-refractivity contribution < 1.29 is 14.5 Å². The molecule has 2 rings (SSSR count). The van der Waals surface area contributed by atoms with Crippen LogP contribution in [0.3, 0.4) is 0 Å². The molecule has 0 spiro atoms. The lowest BCUT2D eigenvalue weighted by atomic mass is 10.0. The van der Waals surface area contributed by atoms with Gasteiger partial charge in [0.05, 0.1) is 10.6 Å². The van der Waals surface area contributed by atoms with Gasteiger partial charge in [0.25, 0.3) is 11.6 Å². The van der Waals surface area contributed by atoms with Gasteiger partial charge in [-0.2, -0.15) is 0 Å². The highest BCUT2D eigenvalue weighted by Gasteiger charge is 2.38. The number of carbonyl (C=O) groups excluding carboxylic acids is 1. The second-order valence-electron chi connectivity index (χ2n) is 5.49. The first-order valence-electron chi connectivity index (χ1n) is 6.61. The molecule has 1 aromatic carbocycles. The van der Waals surface area contributed by atoms with E-state index in [1.54, 1.807) is 11.0 Å². The molecule has 0 bridgehead atoms. The largest absolute Gasteiger partial charge is 0.478 e. The smallest absolute Gasteiger partial charge is 0.271 e. The number of non-ortho nitro benzene ring substituents is 1. The maximum Gasteiger partial charge on any atom is 0.271 e. The Morgan fingerprint density at radius 2 is 1.95 bits per heavy atom. The van der Waals surface area contributed by atoms with Crippen LogP contribution in [0.4, 0.5) is 11.4 Å². The summed E-state index contributed by atoms with van der Waals surface area (Å²) < 4.78 is 5.71. The molecule has 0 fully saturated rings. The lowest BCUT2D eigenvalue weighted by molar-refractivity contribution is -0.384. The van der Waals surface area contributed by atoms with Crippen LogP contribution in [0.1, 0.15) is 27.7 Å². The highest BCUT2D eigenvalue weighted by atomic mass is 16.6. The fourth-order valence-corrected chi connectivity index (χ4v) is 2.30. The average Bonchev–Trinajstić information content (AvgIpc) is 2.36. The molecule has 1 unspecified atom stereocenters. The van der Waals surface area contributed by atoms with Gasteiger partial charge < -0.3 is 9.64 Å². The Balaban J connectivity index is 2.54. The van der Waals surface area contributed by atoms with Gasteiger partial charge >= 0.3 is 0 Å². The predicted molar refractivity (Wildman–Crippen MR) is 75.0 cm³/mol. The lowest BCUT2D eigenvalue weighted by Crippen LogP contribution is -2.51. The molecule has 1 aromatic rings. The second-order valence-corrected chi connectivity index (χ2v) is 5.49. The summed E-state index contributed by atoms with van der Waals surface area (Å²) in [6.45, 7) is 7.58. The first-order valence-corrected chi connectivity index (χ1v) is 6.61. The fraction of sp³-hybridized carbons (Fsp3) is 0.500. The molecule has 108 valence electrons. The van der Waals surface area contributed by atoms with Crippen molar-refractivity contribution in [3.8, 4) is 5.75 Å². The van der Waals surface area contributed by atoms with E-state index in [2.05, 4.69) is 0 Å². The number of hydrogen-bond acceptors (Lipinski definition) is 4. The Labute approximate surface area is 117 Å². The highest BCUT2D eigenvalue weighted by Crippen LogP contribution is 2.39. The maximum absolute atomic E-state index is 12.5. The number of nitro groups is 1. The molecular formula is C14H18N2O4. The Hall–Kier alpha value is -2.11. The van der Waals surface area contributed by atoms with E-state index in [4.69, 9.17) is 4.74 Å². The molecule has 0 saturated heterocycles. The van der Waals surface area contributed by atoms with Crippen molar-refractivity contribution in [2.24, 2.45) is 5.92 Å². The van der Waals surface area contributed by atoms with E-state index in [-0.39, 0.29) is 23.6 Å². The molecule has 0 aromatic heterocycles. The molecular weight excluding hydrogens is 260 g/mol. The van der Waals surface area contributed by atoms with Crippen LogP contribution in [0.5, 0.6) is 5.75 Å². The topological polar surface area (TPSA) is 72.7 Å². The third-order valence-corrected chi connectivity index (χ3v) is 3.27. The number of fused-ring (bicyclic) bond motifs is 1. The Kier molecular flexibility index (Phi) is 3.65. The average molecular weight is 278 g/mol. The van der Waals surface area contributed by atoms with E-state index in [1.165, 1.54) is 12.1 Å². The molecule has 20 heavy (non-hydrogen) atoms. The van der Waals surface area contributed by atoms with Gasteiger partial charge in [-0.15, -0.1) is 0 Å². The molecule has 0 N–H and O–H groups in total. The first-order chi connectivity index (χ1) is 9.32. The molecule has 1 aliphatic rings. The van der Waals surface area contributed by atoms with Crippen LogP contribution in [-0.2, 0) is 4.79 Å². The summed E-state index contributed by atoms with van der Waals surface area (Å²) in [6, 6.07) is 4.26. The summed E-state index contributed by atoms with van der Waals surface area (Å²) in [5.74, 6) is 0.401. The number of anilines is 1. The number of benzene rings is 1. The molecule has 1 heterocycles. The van der Waals surface area contributed by atoms with E-state index >= 15 is 0 Å². The predicted octanol–water partition coefficient (Wildman–Crippen LogP) is 2.75. The number of amides is 1. The van der Waals surface area contributed by atoms with Crippen LogP contribution >= 0.6 is 0 Å². The zero-order chi connectivity index (χ0) is 15.0. The summed E-state index contributed by atoms with van der Waals surface area (Å²) in [4.78, 5) is 24.5. The van der Waals surface area contributed by atoms with Gasteiger partial charge in [0.1, 0.15) is 5.75 Å². The first kappa shape index (κ1) is 14.3. The quantitative estimate of drug-likeness (QED) is 0.629. The van der Waals surface area contributed by atoms with Crippen molar-refractivity contribution in [3.05, 3.63) is 28.3 Å². The number of carbonyl (C=O) groups is 1. The molecule has 1 amide bonds. The minimum absolute atomic E-state index is 0.0343. The number of hydrogen-bond donors (Lipinski definition) is 0. The van der Waals surface area contributed by atoms with Crippen LogP contribution in [0, 0.1) is 16.0 Å². The Morgan fingerprint density at radius 3 is 2.45 bits per heavy atom. The van der Waals surface area contributed by atoms with Crippen LogP contribution < -0.4 is 9.64 Å². The van der Waals surface area contributed by atoms with E-state index in [0.717, 1.165) is 0 Å². The van der Waals surface area contributed by atoms with Gasteiger partial charge in [-0.1, -0.05) is 13.8 Å². The monoisotopic (exact) mass is 278 g/mol. The van der Waals surface area contributed by atoms with Crippen LogP contribution in [0.2, 0.25) is 0 Å². The van der Waals surface area contributed by atoms with Gasteiger partial charge in [-0.25, -0.2) is 0 Å². The van der Waals surface area contributed by atoms with Crippen molar-refractivity contribution in [1.82, 2.24) is 0 Å². The number of nitrogens with zero attached hydrogens (tertiary/aromatic N) is 2. The SMILES string of the molecule is CC(C)C1Oc2ccc([N+](=O)[O-])cc2N(C(C)C)C1=O.